The first kappa shape index (κ1) is 9.52. The summed E-state index contributed by atoms with van der Waals surface area (Å²) in [7, 11) is 0. The summed E-state index contributed by atoms with van der Waals surface area (Å²) in [5, 5.41) is 3.70. The minimum Gasteiger partial charge on any atom is -0.339 e. The van der Waals surface area contributed by atoms with Crippen molar-refractivity contribution >= 4 is 11.6 Å². The second-order valence-corrected chi connectivity index (χ2v) is 4.24. The molecule has 0 aliphatic carbocycles. The van der Waals surface area contributed by atoms with Crippen molar-refractivity contribution in [3.63, 3.8) is 0 Å². The first-order chi connectivity index (χ1) is 5.51. The van der Waals surface area contributed by atoms with Crippen molar-refractivity contribution in [1.29, 1.82) is 0 Å². The third-order valence-electron chi connectivity index (χ3n) is 1.31. The van der Waals surface area contributed by atoms with E-state index >= 15 is 0 Å². The van der Waals surface area contributed by atoms with Gasteiger partial charge in [0.1, 0.15) is 0 Å². The SMILES string of the molecule is CC(C)(C)Cc1nc(CCl)no1. The van der Waals surface area contributed by atoms with Crippen molar-refractivity contribution in [2.45, 2.75) is 33.1 Å². The topological polar surface area (TPSA) is 38.9 Å². The van der Waals surface area contributed by atoms with E-state index < -0.39 is 0 Å². The van der Waals surface area contributed by atoms with Crippen LogP contribution >= 0.6 is 11.6 Å². The molecular formula is C8H13ClN2O. The van der Waals surface area contributed by atoms with Crippen LogP contribution in [-0.4, -0.2) is 10.1 Å². The molecule has 0 saturated carbocycles. The highest BCUT2D eigenvalue weighted by atomic mass is 35.5. The maximum Gasteiger partial charge on any atom is 0.227 e. The van der Waals surface area contributed by atoms with Gasteiger partial charge < -0.3 is 4.52 Å². The fourth-order valence-corrected chi connectivity index (χ4v) is 0.978. The maximum absolute atomic E-state index is 5.53. The highest BCUT2D eigenvalue weighted by Gasteiger charge is 2.16. The smallest absolute Gasteiger partial charge is 0.227 e. The largest absolute Gasteiger partial charge is 0.339 e. The predicted octanol–water partition coefficient (Wildman–Crippen LogP) is 2.40. The lowest BCUT2D eigenvalue weighted by Gasteiger charge is -2.13. The zero-order valence-electron chi connectivity index (χ0n) is 7.59. The molecule has 0 fully saturated rings. The second-order valence-electron chi connectivity index (χ2n) is 3.98. The minimum absolute atomic E-state index is 0.177. The Hall–Kier alpha value is -0.570. The summed E-state index contributed by atoms with van der Waals surface area (Å²) in [4.78, 5) is 4.10. The van der Waals surface area contributed by atoms with Crippen LogP contribution in [0, 0.1) is 5.41 Å². The van der Waals surface area contributed by atoms with E-state index in [1.165, 1.54) is 0 Å². The van der Waals surface area contributed by atoms with Crippen LogP contribution < -0.4 is 0 Å². The molecule has 1 aromatic heterocycles. The second kappa shape index (κ2) is 3.44. The summed E-state index contributed by atoms with van der Waals surface area (Å²) < 4.78 is 4.99. The minimum atomic E-state index is 0.177. The Balaban J connectivity index is 2.64. The molecule has 0 N–H and O–H groups in total. The number of alkyl halides is 1. The molecule has 0 amide bonds. The van der Waals surface area contributed by atoms with Crippen LogP contribution in [0.1, 0.15) is 32.5 Å². The van der Waals surface area contributed by atoms with Crippen molar-refractivity contribution < 1.29 is 4.52 Å². The molecule has 3 nitrogen and oxygen atoms in total. The summed E-state index contributed by atoms with van der Waals surface area (Å²) in [6.07, 6.45) is 0.789. The quantitative estimate of drug-likeness (QED) is 0.669. The Morgan fingerprint density at radius 2 is 2.08 bits per heavy atom. The van der Waals surface area contributed by atoms with Gasteiger partial charge in [0, 0.05) is 6.42 Å². The molecule has 12 heavy (non-hydrogen) atoms. The Kier molecular flexibility index (Phi) is 2.73. The lowest BCUT2D eigenvalue weighted by molar-refractivity contribution is 0.312. The molecule has 0 spiro atoms. The molecule has 0 saturated heterocycles. The summed E-state index contributed by atoms with van der Waals surface area (Å²) >= 11 is 5.53. The van der Waals surface area contributed by atoms with Gasteiger partial charge in [0.15, 0.2) is 5.82 Å². The molecule has 0 aliphatic heterocycles. The van der Waals surface area contributed by atoms with Gasteiger partial charge in [0.2, 0.25) is 5.89 Å². The number of halogens is 1. The predicted molar refractivity (Wildman–Crippen MR) is 47.0 cm³/mol. The Morgan fingerprint density at radius 3 is 2.50 bits per heavy atom. The summed E-state index contributed by atoms with van der Waals surface area (Å²) in [6, 6.07) is 0. The average Bonchev–Trinajstić information content (AvgIpc) is 2.32. The van der Waals surface area contributed by atoms with Crippen LogP contribution in [0.5, 0.6) is 0 Å². The van der Waals surface area contributed by atoms with Gasteiger partial charge in [-0.3, -0.25) is 0 Å². The van der Waals surface area contributed by atoms with Crippen LogP contribution in [0.2, 0.25) is 0 Å². The van der Waals surface area contributed by atoms with E-state index in [0.717, 1.165) is 6.42 Å². The van der Waals surface area contributed by atoms with Crippen molar-refractivity contribution in [1.82, 2.24) is 10.1 Å². The third kappa shape index (κ3) is 2.81. The summed E-state index contributed by atoms with van der Waals surface area (Å²) in [6.45, 7) is 6.37. The fourth-order valence-electron chi connectivity index (χ4n) is 0.870. The van der Waals surface area contributed by atoms with Crippen LogP contribution in [0.15, 0.2) is 4.52 Å². The number of aromatic nitrogens is 2. The van der Waals surface area contributed by atoms with Gasteiger partial charge in [-0.25, -0.2) is 0 Å². The maximum atomic E-state index is 5.53. The number of hydrogen-bond donors (Lipinski definition) is 0. The fraction of sp³-hybridized carbons (Fsp3) is 0.750. The molecule has 0 atom stereocenters. The highest BCUT2D eigenvalue weighted by molar-refractivity contribution is 6.16. The number of hydrogen-bond acceptors (Lipinski definition) is 3. The normalized spacial score (nSPS) is 12.0. The van der Waals surface area contributed by atoms with E-state index in [2.05, 4.69) is 30.9 Å². The molecule has 0 bridgehead atoms. The molecular weight excluding hydrogens is 176 g/mol. The average molecular weight is 189 g/mol. The zero-order chi connectivity index (χ0) is 9.19. The van der Waals surface area contributed by atoms with Gasteiger partial charge in [0.25, 0.3) is 0 Å². The lowest BCUT2D eigenvalue weighted by Crippen LogP contribution is -2.09. The molecule has 1 heterocycles. The highest BCUT2D eigenvalue weighted by Crippen LogP contribution is 2.19. The molecule has 0 radical (unpaired) electrons. The van der Waals surface area contributed by atoms with E-state index in [1.807, 2.05) is 0 Å². The molecule has 0 unspecified atom stereocenters. The van der Waals surface area contributed by atoms with Crippen molar-refractivity contribution in [3.8, 4) is 0 Å². The Morgan fingerprint density at radius 1 is 1.42 bits per heavy atom. The molecule has 0 aromatic carbocycles. The number of rotatable bonds is 2. The standard InChI is InChI=1S/C8H13ClN2O/c1-8(2,3)4-7-10-6(5-9)11-12-7/h4-5H2,1-3H3. The van der Waals surface area contributed by atoms with Crippen LogP contribution in [-0.2, 0) is 12.3 Å². The van der Waals surface area contributed by atoms with Crippen LogP contribution in [0.3, 0.4) is 0 Å². The number of nitrogens with zero attached hydrogens (tertiary/aromatic N) is 2. The first-order valence-corrected chi connectivity index (χ1v) is 4.42. The van der Waals surface area contributed by atoms with E-state index in [9.17, 15) is 0 Å². The zero-order valence-corrected chi connectivity index (χ0v) is 8.35. The lowest BCUT2D eigenvalue weighted by atomic mass is 9.92. The van der Waals surface area contributed by atoms with Gasteiger partial charge in [-0.15, -0.1) is 11.6 Å². The van der Waals surface area contributed by atoms with Gasteiger partial charge >= 0.3 is 0 Å². The van der Waals surface area contributed by atoms with Gasteiger partial charge in [0.05, 0.1) is 5.88 Å². The van der Waals surface area contributed by atoms with Crippen LogP contribution in [0.25, 0.3) is 0 Å². The van der Waals surface area contributed by atoms with Gasteiger partial charge in [-0.2, -0.15) is 4.98 Å². The van der Waals surface area contributed by atoms with E-state index in [1.54, 1.807) is 0 Å². The molecule has 1 rings (SSSR count). The monoisotopic (exact) mass is 188 g/mol. The van der Waals surface area contributed by atoms with Crippen molar-refractivity contribution in [2.75, 3.05) is 0 Å². The molecule has 0 aliphatic rings. The Bertz CT molecular complexity index is 252. The first-order valence-electron chi connectivity index (χ1n) is 3.89. The van der Waals surface area contributed by atoms with Crippen molar-refractivity contribution in [3.05, 3.63) is 11.7 Å². The van der Waals surface area contributed by atoms with Gasteiger partial charge in [-0.05, 0) is 5.41 Å². The molecule has 1 aromatic rings. The van der Waals surface area contributed by atoms with E-state index in [0.29, 0.717) is 17.6 Å². The van der Waals surface area contributed by atoms with Crippen LogP contribution in [0.4, 0.5) is 0 Å². The summed E-state index contributed by atoms with van der Waals surface area (Å²) in [5.74, 6) is 1.54. The van der Waals surface area contributed by atoms with E-state index in [4.69, 9.17) is 16.1 Å². The molecule has 4 heteroatoms. The summed E-state index contributed by atoms with van der Waals surface area (Å²) in [5.41, 5.74) is 0.177. The molecule has 68 valence electrons. The third-order valence-corrected chi connectivity index (χ3v) is 1.55. The van der Waals surface area contributed by atoms with E-state index in [-0.39, 0.29) is 5.41 Å². The van der Waals surface area contributed by atoms with Crippen molar-refractivity contribution in [2.24, 2.45) is 5.41 Å². The Labute approximate surface area is 77.1 Å². The van der Waals surface area contributed by atoms with Gasteiger partial charge in [-0.1, -0.05) is 25.9 Å².